The van der Waals surface area contributed by atoms with Gasteiger partial charge >= 0.3 is 0 Å². The van der Waals surface area contributed by atoms with Crippen LogP contribution in [0.4, 0.5) is 5.69 Å². The summed E-state index contributed by atoms with van der Waals surface area (Å²) in [6, 6.07) is 16.7. The SMILES string of the molecule is CCCCCC(=O)NC(=S)Nc1cccc(C(=O)NCc2ccccc2)c1. The van der Waals surface area contributed by atoms with E-state index in [1.54, 1.807) is 24.3 Å². The molecule has 142 valence electrons. The van der Waals surface area contributed by atoms with Crippen LogP contribution in [0, 0.1) is 0 Å². The molecule has 0 spiro atoms. The fourth-order valence-electron chi connectivity index (χ4n) is 2.51. The van der Waals surface area contributed by atoms with E-state index >= 15 is 0 Å². The first-order valence-corrected chi connectivity index (χ1v) is 9.52. The Bertz CT molecular complexity index is 778. The van der Waals surface area contributed by atoms with Gasteiger partial charge in [-0.25, -0.2) is 0 Å². The first-order valence-electron chi connectivity index (χ1n) is 9.11. The normalized spacial score (nSPS) is 10.1. The molecular weight excluding hydrogens is 358 g/mol. The molecule has 0 aliphatic carbocycles. The Morgan fingerprint density at radius 1 is 1.00 bits per heavy atom. The third-order valence-corrected chi connectivity index (χ3v) is 4.14. The number of benzene rings is 2. The molecule has 0 fully saturated rings. The quantitative estimate of drug-likeness (QED) is 0.476. The van der Waals surface area contributed by atoms with Crippen LogP contribution >= 0.6 is 12.2 Å². The van der Waals surface area contributed by atoms with E-state index in [0.29, 0.717) is 24.2 Å². The molecule has 0 unspecified atom stereocenters. The van der Waals surface area contributed by atoms with E-state index < -0.39 is 0 Å². The van der Waals surface area contributed by atoms with Gasteiger partial charge in [0, 0.05) is 24.2 Å². The Morgan fingerprint density at radius 3 is 2.52 bits per heavy atom. The van der Waals surface area contributed by atoms with Gasteiger partial charge in [-0.2, -0.15) is 0 Å². The second-order valence-corrected chi connectivity index (χ2v) is 6.62. The third kappa shape index (κ3) is 7.58. The van der Waals surface area contributed by atoms with Crippen molar-refractivity contribution in [2.45, 2.75) is 39.2 Å². The second kappa shape index (κ2) is 11.1. The van der Waals surface area contributed by atoms with Crippen molar-refractivity contribution in [2.75, 3.05) is 5.32 Å². The highest BCUT2D eigenvalue weighted by Gasteiger charge is 2.08. The first-order chi connectivity index (χ1) is 13.1. The zero-order valence-electron chi connectivity index (χ0n) is 15.5. The Hall–Kier alpha value is -2.73. The monoisotopic (exact) mass is 383 g/mol. The fourth-order valence-corrected chi connectivity index (χ4v) is 2.74. The molecule has 2 aromatic carbocycles. The fraction of sp³-hybridized carbons (Fsp3) is 0.286. The van der Waals surface area contributed by atoms with Gasteiger partial charge in [0.1, 0.15) is 0 Å². The average Bonchev–Trinajstić information content (AvgIpc) is 2.67. The van der Waals surface area contributed by atoms with Gasteiger partial charge in [-0.15, -0.1) is 0 Å². The topological polar surface area (TPSA) is 70.2 Å². The minimum absolute atomic E-state index is 0.0993. The minimum Gasteiger partial charge on any atom is -0.348 e. The van der Waals surface area contributed by atoms with Crippen molar-refractivity contribution >= 4 is 34.8 Å². The maximum Gasteiger partial charge on any atom is 0.251 e. The number of unbranched alkanes of at least 4 members (excludes halogenated alkanes) is 2. The molecule has 3 N–H and O–H groups in total. The van der Waals surface area contributed by atoms with E-state index in [4.69, 9.17) is 12.2 Å². The highest BCUT2D eigenvalue weighted by atomic mass is 32.1. The number of carbonyl (C=O) groups excluding carboxylic acids is 2. The van der Waals surface area contributed by atoms with Gasteiger partial charge in [0.05, 0.1) is 0 Å². The molecule has 0 aliphatic rings. The molecule has 0 aromatic heterocycles. The summed E-state index contributed by atoms with van der Waals surface area (Å²) in [5.74, 6) is -0.269. The van der Waals surface area contributed by atoms with Crippen molar-refractivity contribution in [3.8, 4) is 0 Å². The van der Waals surface area contributed by atoms with E-state index in [1.807, 2.05) is 30.3 Å². The van der Waals surface area contributed by atoms with Gasteiger partial charge < -0.3 is 16.0 Å². The average molecular weight is 384 g/mol. The maximum atomic E-state index is 12.3. The van der Waals surface area contributed by atoms with Crippen LogP contribution in [-0.4, -0.2) is 16.9 Å². The molecule has 2 rings (SSSR count). The summed E-state index contributed by atoms with van der Waals surface area (Å²) in [6.45, 7) is 2.55. The summed E-state index contributed by atoms with van der Waals surface area (Å²) in [4.78, 5) is 24.1. The number of hydrogen-bond donors (Lipinski definition) is 3. The molecule has 2 aromatic rings. The predicted octanol–water partition coefficient (Wildman–Crippen LogP) is 4.01. The summed E-state index contributed by atoms with van der Waals surface area (Å²) in [6.07, 6.45) is 3.39. The Morgan fingerprint density at radius 2 is 1.78 bits per heavy atom. The summed E-state index contributed by atoms with van der Waals surface area (Å²) in [5, 5.41) is 8.74. The number of nitrogens with one attached hydrogen (secondary N) is 3. The lowest BCUT2D eigenvalue weighted by molar-refractivity contribution is -0.119. The van der Waals surface area contributed by atoms with Gasteiger partial charge in [-0.3, -0.25) is 9.59 Å². The molecule has 27 heavy (non-hydrogen) atoms. The van der Waals surface area contributed by atoms with E-state index in [0.717, 1.165) is 24.8 Å². The van der Waals surface area contributed by atoms with Crippen LogP contribution in [-0.2, 0) is 11.3 Å². The Labute approximate surface area is 165 Å². The molecule has 5 nitrogen and oxygen atoms in total. The van der Waals surface area contributed by atoms with Crippen molar-refractivity contribution in [1.82, 2.24) is 10.6 Å². The van der Waals surface area contributed by atoms with Gasteiger partial charge in [-0.1, -0.05) is 56.2 Å². The van der Waals surface area contributed by atoms with Gasteiger partial charge in [0.2, 0.25) is 5.91 Å². The summed E-state index contributed by atoms with van der Waals surface area (Å²) < 4.78 is 0. The molecule has 0 saturated carbocycles. The van der Waals surface area contributed by atoms with Crippen molar-refractivity contribution < 1.29 is 9.59 Å². The first kappa shape index (κ1) is 20.6. The summed E-state index contributed by atoms with van der Waals surface area (Å²) in [7, 11) is 0. The zero-order valence-corrected chi connectivity index (χ0v) is 16.3. The number of anilines is 1. The van der Waals surface area contributed by atoms with Crippen LogP contribution in [0.3, 0.4) is 0 Å². The molecule has 0 heterocycles. The zero-order chi connectivity index (χ0) is 19.5. The van der Waals surface area contributed by atoms with Crippen molar-refractivity contribution in [3.63, 3.8) is 0 Å². The minimum atomic E-state index is -0.169. The van der Waals surface area contributed by atoms with Crippen molar-refractivity contribution in [1.29, 1.82) is 0 Å². The largest absolute Gasteiger partial charge is 0.348 e. The number of amides is 2. The highest BCUT2D eigenvalue weighted by molar-refractivity contribution is 7.80. The molecule has 0 bridgehead atoms. The maximum absolute atomic E-state index is 12.3. The van der Waals surface area contributed by atoms with Crippen LogP contribution in [0.1, 0.15) is 48.5 Å². The predicted molar refractivity (Wildman–Crippen MR) is 113 cm³/mol. The van der Waals surface area contributed by atoms with Gasteiger partial charge in [0.25, 0.3) is 5.91 Å². The Kier molecular flexibility index (Phi) is 8.45. The summed E-state index contributed by atoms with van der Waals surface area (Å²) in [5.41, 5.74) is 2.21. The third-order valence-electron chi connectivity index (χ3n) is 3.94. The van der Waals surface area contributed by atoms with E-state index in [1.165, 1.54) is 0 Å². The van der Waals surface area contributed by atoms with Crippen LogP contribution in [0.5, 0.6) is 0 Å². The van der Waals surface area contributed by atoms with Crippen molar-refractivity contribution in [3.05, 3.63) is 65.7 Å². The Balaban J connectivity index is 1.85. The van der Waals surface area contributed by atoms with E-state index in [2.05, 4.69) is 22.9 Å². The standard InChI is InChI=1S/C21H25N3O2S/c1-2-3-5-13-19(25)24-21(27)23-18-12-8-11-17(14-18)20(26)22-15-16-9-6-4-7-10-16/h4,6-12,14H,2-3,5,13,15H2,1H3,(H,22,26)(H2,23,24,25,27). The lowest BCUT2D eigenvalue weighted by atomic mass is 10.1. The lowest BCUT2D eigenvalue weighted by Crippen LogP contribution is -2.34. The molecule has 2 amide bonds. The summed E-state index contributed by atoms with van der Waals surface area (Å²) >= 11 is 5.17. The molecule has 6 heteroatoms. The van der Waals surface area contributed by atoms with Gasteiger partial charge in [-0.05, 0) is 42.4 Å². The van der Waals surface area contributed by atoms with E-state index in [9.17, 15) is 9.59 Å². The van der Waals surface area contributed by atoms with Crippen molar-refractivity contribution in [2.24, 2.45) is 0 Å². The van der Waals surface area contributed by atoms with E-state index in [-0.39, 0.29) is 16.9 Å². The number of hydrogen-bond acceptors (Lipinski definition) is 3. The number of carbonyl (C=O) groups is 2. The van der Waals surface area contributed by atoms with Gasteiger partial charge in [0.15, 0.2) is 5.11 Å². The van der Waals surface area contributed by atoms with Crippen LogP contribution in [0.25, 0.3) is 0 Å². The highest BCUT2D eigenvalue weighted by Crippen LogP contribution is 2.11. The van der Waals surface area contributed by atoms with Crippen LogP contribution in [0.2, 0.25) is 0 Å². The lowest BCUT2D eigenvalue weighted by Gasteiger charge is -2.11. The van der Waals surface area contributed by atoms with Crippen LogP contribution < -0.4 is 16.0 Å². The number of thiocarbonyl (C=S) groups is 1. The molecule has 0 aliphatic heterocycles. The molecule has 0 saturated heterocycles. The molecule has 0 atom stereocenters. The molecule has 0 radical (unpaired) electrons. The van der Waals surface area contributed by atoms with Crippen LogP contribution in [0.15, 0.2) is 54.6 Å². The molecular formula is C21H25N3O2S. The number of rotatable bonds is 8. The smallest absolute Gasteiger partial charge is 0.251 e. The second-order valence-electron chi connectivity index (χ2n) is 6.21.